The SMILES string of the molecule is c1ccc(-c2ccc(N(c3ccc(-c4ccc5c(c4)c4ccccc4n5-c4ccccc4)cc3)c3ccc(-c4ccc5c(c4)c4ccccc4n5-c4ccccc4)cc3)c(-c3ccccc3)c2)cc1. The van der Waals surface area contributed by atoms with E-state index in [4.69, 9.17) is 0 Å². The standard InChI is InChI=1S/C66H45N3/c1-5-17-46(18-6-1)50-33-40-64(59(43-50)49-19-7-2-8-20-49)67(55-36-29-47(30-37-55)51-34-41-65-60(44-51)57-25-13-15-27-62(57)68(65)53-21-9-3-10-22-53)56-38-31-48(32-39-56)52-35-42-66-61(45-52)58-26-14-16-28-63(58)69(66)54-23-11-4-12-24-54/h1-45H. The van der Waals surface area contributed by atoms with Crippen molar-refractivity contribution in [1.82, 2.24) is 9.13 Å². The average Bonchev–Trinajstić information content (AvgIpc) is 3.95. The molecule has 0 saturated heterocycles. The summed E-state index contributed by atoms with van der Waals surface area (Å²) in [7, 11) is 0. The Labute approximate surface area is 401 Å². The van der Waals surface area contributed by atoms with Crippen molar-refractivity contribution < 1.29 is 0 Å². The summed E-state index contributed by atoms with van der Waals surface area (Å²) in [4.78, 5) is 2.41. The molecule has 0 saturated carbocycles. The van der Waals surface area contributed by atoms with Gasteiger partial charge in [0, 0.05) is 49.9 Å². The lowest BCUT2D eigenvalue weighted by Gasteiger charge is -2.29. The molecule has 0 aliphatic heterocycles. The van der Waals surface area contributed by atoms with Gasteiger partial charge in [-0.25, -0.2) is 0 Å². The number of fused-ring (bicyclic) bond motifs is 6. The smallest absolute Gasteiger partial charge is 0.0541 e. The van der Waals surface area contributed by atoms with E-state index in [2.05, 4.69) is 287 Å². The molecule has 0 aliphatic carbocycles. The second-order valence-electron chi connectivity index (χ2n) is 17.7. The number of aromatic nitrogens is 2. The van der Waals surface area contributed by atoms with Crippen LogP contribution in [0.2, 0.25) is 0 Å². The Morgan fingerprint density at radius 2 is 0.580 bits per heavy atom. The fraction of sp³-hybridized carbons (Fsp3) is 0. The first-order chi connectivity index (χ1) is 34.2. The lowest BCUT2D eigenvalue weighted by atomic mass is 9.96. The molecule has 0 bridgehead atoms. The predicted molar refractivity (Wildman–Crippen MR) is 292 cm³/mol. The number of nitrogens with zero attached hydrogens (tertiary/aromatic N) is 3. The van der Waals surface area contributed by atoms with Gasteiger partial charge < -0.3 is 14.0 Å². The summed E-state index contributed by atoms with van der Waals surface area (Å²) in [5.74, 6) is 0. The minimum Gasteiger partial charge on any atom is -0.310 e. The molecule has 2 aromatic heterocycles. The highest BCUT2D eigenvalue weighted by Gasteiger charge is 2.20. The average molecular weight is 880 g/mol. The third-order valence-electron chi connectivity index (χ3n) is 13.7. The fourth-order valence-corrected chi connectivity index (χ4v) is 10.4. The van der Waals surface area contributed by atoms with Crippen molar-refractivity contribution in [3.63, 3.8) is 0 Å². The number of para-hydroxylation sites is 4. The van der Waals surface area contributed by atoms with Crippen LogP contribution in [0.5, 0.6) is 0 Å². The van der Waals surface area contributed by atoms with Gasteiger partial charge in [-0.05, 0) is 136 Å². The first-order valence-corrected chi connectivity index (χ1v) is 23.7. The fourth-order valence-electron chi connectivity index (χ4n) is 10.4. The zero-order chi connectivity index (χ0) is 45.7. The van der Waals surface area contributed by atoms with Crippen LogP contribution in [-0.2, 0) is 0 Å². The number of anilines is 3. The van der Waals surface area contributed by atoms with Crippen LogP contribution in [0.25, 0.3) is 99.5 Å². The van der Waals surface area contributed by atoms with Crippen LogP contribution in [0, 0.1) is 0 Å². The van der Waals surface area contributed by atoms with Gasteiger partial charge in [0.15, 0.2) is 0 Å². The molecule has 11 aromatic carbocycles. The van der Waals surface area contributed by atoms with E-state index in [1.165, 1.54) is 77.0 Å². The summed E-state index contributed by atoms with van der Waals surface area (Å²) >= 11 is 0. The van der Waals surface area contributed by atoms with Crippen molar-refractivity contribution in [3.8, 4) is 55.9 Å². The second-order valence-corrected chi connectivity index (χ2v) is 17.7. The molecule has 0 aliphatic rings. The van der Waals surface area contributed by atoms with Gasteiger partial charge in [0.2, 0.25) is 0 Å². The monoisotopic (exact) mass is 879 g/mol. The maximum atomic E-state index is 2.41. The lowest BCUT2D eigenvalue weighted by molar-refractivity contribution is 1.18. The van der Waals surface area contributed by atoms with Gasteiger partial charge in [0.05, 0.1) is 27.8 Å². The molecule has 13 aromatic rings. The van der Waals surface area contributed by atoms with E-state index in [9.17, 15) is 0 Å². The summed E-state index contributed by atoms with van der Waals surface area (Å²) < 4.78 is 4.74. The zero-order valence-corrected chi connectivity index (χ0v) is 37.8. The van der Waals surface area contributed by atoms with Crippen molar-refractivity contribution in [3.05, 3.63) is 273 Å². The largest absolute Gasteiger partial charge is 0.310 e. The van der Waals surface area contributed by atoms with E-state index in [0.29, 0.717) is 0 Å². The molecule has 13 rings (SSSR count). The molecule has 2 heterocycles. The van der Waals surface area contributed by atoms with Gasteiger partial charge in [-0.2, -0.15) is 0 Å². The molecule has 0 N–H and O–H groups in total. The number of hydrogen-bond acceptors (Lipinski definition) is 1. The molecule has 0 unspecified atom stereocenters. The van der Waals surface area contributed by atoms with Gasteiger partial charge in [-0.15, -0.1) is 0 Å². The summed E-state index contributed by atoms with van der Waals surface area (Å²) in [5, 5.41) is 4.97. The van der Waals surface area contributed by atoms with Crippen LogP contribution in [0.15, 0.2) is 273 Å². The van der Waals surface area contributed by atoms with Gasteiger partial charge in [0.25, 0.3) is 0 Å². The molecule has 69 heavy (non-hydrogen) atoms. The van der Waals surface area contributed by atoms with Crippen molar-refractivity contribution >= 4 is 60.7 Å². The van der Waals surface area contributed by atoms with Gasteiger partial charge >= 0.3 is 0 Å². The Bertz CT molecular complexity index is 3760. The summed E-state index contributed by atoms with van der Waals surface area (Å²) in [6, 6.07) is 99.1. The van der Waals surface area contributed by atoms with E-state index >= 15 is 0 Å². The number of rotatable bonds is 9. The third-order valence-corrected chi connectivity index (χ3v) is 13.7. The van der Waals surface area contributed by atoms with Crippen molar-refractivity contribution in [2.24, 2.45) is 0 Å². The Morgan fingerprint density at radius 1 is 0.232 bits per heavy atom. The highest BCUT2D eigenvalue weighted by atomic mass is 15.1. The van der Waals surface area contributed by atoms with E-state index < -0.39 is 0 Å². The van der Waals surface area contributed by atoms with Gasteiger partial charge in [-0.3, -0.25) is 0 Å². The van der Waals surface area contributed by atoms with Crippen LogP contribution in [-0.4, -0.2) is 9.13 Å². The maximum absolute atomic E-state index is 2.41. The molecule has 3 nitrogen and oxygen atoms in total. The normalized spacial score (nSPS) is 11.5. The molecule has 0 fully saturated rings. The summed E-state index contributed by atoms with van der Waals surface area (Å²) in [6.45, 7) is 0. The van der Waals surface area contributed by atoms with Gasteiger partial charge in [-0.1, -0.05) is 176 Å². The predicted octanol–water partition coefficient (Wildman–Crippen LogP) is 18.0. The lowest BCUT2D eigenvalue weighted by Crippen LogP contribution is -2.11. The van der Waals surface area contributed by atoms with E-state index in [0.717, 1.165) is 39.6 Å². The van der Waals surface area contributed by atoms with E-state index in [1.807, 2.05) is 0 Å². The molecular formula is C66H45N3. The van der Waals surface area contributed by atoms with E-state index in [-0.39, 0.29) is 0 Å². The topological polar surface area (TPSA) is 13.1 Å². The van der Waals surface area contributed by atoms with Crippen LogP contribution in [0.1, 0.15) is 0 Å². The molecule has 324 valence electrons. The van der Waals surface area contributed by atoms with E-state index in [1.54, 1.807) is 0 Å². The summed E-state index contributed by atoms with van der Waals surface area (Å²) in [5.41, 5.74) is 19.8. The number of hydrogen-bond donors (Lipinski definition) is 0. The molecule has 0 spiro atoms. The molecular weight excluding hydrogens is 835 g/mol. The van der Waals surface area contributed by atoms with Crippen molar-refractivity contribution in [2.45, 2.75) is 0 Å². The third kappa shape index (κ3) is 7.08. The zero-order valence-electron chi connectivity index (χ0n) is 37.8. The Hall–Kier alpha value is -9.18. The van der Waals surface area contributed by atoms with Crippen molar-refractivity contribution in [2.75, 3.05) is 4.90 Å². The molecule has 0 atom stereocenters. The number of benzene rings is 11. The highest BCUT2D eigenvalue weighted by Crippen LogP contribution is 2.44. The summed E-state index contributed by atoms with van der Waals surface area (Å²) in [6.07, 6.45) is 0. The van der Waals surface area contributed by atoms with Crippen LogP contribution < -0.4 is 4.90 Å². The Balaban J connectivity index is 0.929. The first kappa shape index (κ1) is 40.1. The van der Waals surface area contributed by atoms with Crippen LogP contribution in [0.4, 0.5) is 17.1 Å². The minimum absolute atomic E-state index is 1.08. The second kappa shape index (κ2) is 16.9. The highest BCUT2D eigenvalue weighted by molar-refractivity contribution is 6.11. The molecule has 3 heteroatoms. The molecule has 0 amide bonds. The molecule has 0 radical (unpaired) electrons. The maximum Gasteiger partial charge on any atom is 0.0541 e. The quantitative estimate of drug-likeness (QED) is 0.141. The van der Waals surface area contributed by atoms with Gasteiger partial charge in [0.1, 0.15) is 0 Å². The Kier molecular flexibility index (Phi) is 9.84. The van der Waals surface area contributed by atoms with Crippen molar-refractivity contribution in [1.29, 1.82) is 0 Å². The minimum atomic E-state index is 1.08. The van der Waals surface area contributed by atoms with Crippen LogP contribution in [0.3, 0.4) is 0 Å². The van der Waals surface area contributed by atoms with Crippen LogP contribution >= 0.6 is 0 Å². The first-order valence-electron chi connectivity index (χ1n) is 23.7. The Morgan fingerprint density at radius 3 is 1.06 bits per heavy atom.